The van der Waals surface area contributed by atoms with Crippen LogP contribution >= 0.6 is 0 Å². The van der Waals surface area contributed by atoms with Crippen LogP contribution in [0.15, 0.2) is 0 Å². The first-order valence-corrected chi connectivity index (χ1v) is 8.18. The fourth-order valence-corrected chi connectivity index (χ4v) is 1.88. The Kier molecular flexibility index (Phi) is 10.2. The van der Waals surface area contributed by atoms with Crippen LogP contribution in [0, 0.1) is 0 Å². The first-order valence-electron chi connectivity index (χ1n) is 8.18. The molecule has 0 aromatic carbocycles. The van der Waals surface area contributed by atoms with E-state index in [4.69, 9.17) is 21.1 Å². The number of nitrogens with one attached hydrogen (secondary N) is 3. The Bertz CT molecular complexity index is 637. The zero-order valence-corrected chi connectivity index (χ0v) is 15.3. The highest BCUT2D eigenvalue weighted by Crippen LogP contribution is 2.01. The number of amides is 3. The van der Waals surface area contributed by atoms with Gasteiger partial charge < -0.3 is 37.0 Å². The van der Waals surface area contributed by atoms with Gasteiger partial charge in [0, 0.05) is 6.42 Å². The Labute approximate surface area is 159 Å². The minimum Gasteiger partial charge on any atom is -0.481 e. The summed E-state index contributed by atoms with van der Waals surface area (Å²) in [7, 11) is 0. The van der Waals surface area contributed by atoms with Crippen LogP contribution in [0.1, 0.15) is 33.1 Å². The molecule has 0 unspecified atom stereocenters. The molecule has 0 saturated heterocycles. The van der Waals surface area contributed by atoms with E-state index in [1.807, 2.05) is 0 Å². The fourth-order valence-electron chi connectivity index (χ4n) is 1.88. The Morgan fingerprint density at radius 1 is 0.786 bits per heavy atom. The van der Waals surface area contributed by atoms with Crippen molar-refractivity contribution >= 4 is 35.6 Å². The van der Waals surface area contributed by atoms with Crippen LogP contribution in [0.4, 0.5) is 0 Å². The molecule has 0 bridgehead atoms. The van der Waals surface area contributed by atoms with Crippen LogP contribution in [0.3, 0.4) is 0 Å². The van der Waals surface area contributed by atoms with Gasteiger partial charge in [-0.15, -0.1) is 0 Å². The molecule has 13 nitrogen and oxygen atoms in total. The molecule has 0 aliphatic carbocycles. The van der Waals surface area contributed by atoms with Gasteiger partial charge in [-0.1, -0.05) is 0 Å². The van der Waals surface area contributed by atoms with Crippen molar-refractivity contribution in [1.29, 1.82) is 0 Å². The topological polar surface area (TPSA) is 225 Å². The number of carboxylic acid groups (broad SMARTS) is 3. The first-order chi connectivity index (χ1) is 12.8. The lowest BCUT2D eigenvalue weighted by molar-refractivity contribution is -0.141. The molecule has 13 heteroatoms. The Balaban J connectivity index is 5.03. The summed E-state index contributed by atoms with van der Waals surface area (Å²) in [6, 6.07) is -5.25. The highest BCUT2D eigenvalue weighted by molar-refractivity contribution is 5.94. The van der Waals surface area contributed by atoms with Crippen molar-refractivity contribution in [2.75, 3.05) is 0 Å². The minimum absolute atomic E-state index is 0.341. The van der Waals surface area contributed by atoms with Crippen LogP contribution in [-0.2, 0) is 28.8 Å². The highest BCUT2D eigenvalue weighted by Gasteiger charge is 2.28. The van der Waals surface area contributed by atoms with Gasteiger partial charge >= 0.3 is 17.9 Å². The van der Waals surface area contributed by atoms with E-state index < -0.39 is 72.6 Å². The van der Waals surface area contributed by atoms with Crippen LogP contribution in [0.5, 0.6) is 0 Å². The van der Waals surface area contributed by atoms with E-state index in [9.17, 15) is 28.8 Å². The van der Waals surface area contributed by atoms with Crippen molar-refractivity contribution in [3.63, 3.8) is 0 Å². The van der Waals surface area contributed by atoms with E-state index >= 15 is 0 Å². The van der Waals surface area contributed by atoms with E-state index in [2.05, 4.69) is 16.0 Å². The van der Waals surface area contributed by atoms with Gasteiger partial charge in [-0.05, 0) is 20.3 Å². The SMILES string of the molecule is C[C@H](NC(=O)[C@H](C)NC(=O)[C@H](CCC(=O)O)NC(=O)[C@@H](N)CC(=O)O)C(=O)O. The third-order valence-electron chi connectivity index (χ3n) is 3.49. The number of hydrogen-bond donors (Lipinski definition) is 7. The van der Waals surface area contributed by atoms with E-state index in [0.717, 1.165) is 0 Å². The maximum absolute atomic E-state index is 12.3. The Morgan fingerprint density at radius 2 is 1.32 bits per heavy atom. The monoisotopic (exact) mass is 404 g/mol. The molecule has 4 atom stereocenters. The number of carbonyl (C=O) groups is 6. The molecule has 0 aliphatic rings. The summed E-state index contributed by atoms with van der Waals surface area (Å²) in [4.78, 5) is 68.2. The quantitative estimate of drug-likeness (QED) is 0.177. The second-order valence-electron chi connectivity index (χ2n) is 6.00. The molecule has 28 heavy (non-hydrogen) atoms. The molecule has 0 aromatic heterocycles. The second-order valence-corrected chi connectivity index (χ2v) is 6.00. The fraction of sp³-hybridized carbons (Fsp3) is 0.600. The van der Waals surface area contributed by atoms with Crippen LogP contribution in [0.25, 0.3) is 0 Å². The maximum Gasteiger partial charge on any atom is 0.325 e. The zero-order chi connectivity index (χ0) is 22.0. The zero-order valence-electron chi connectivity index (χ0n) is 15.3. The van der Waals surface area contributed by atoms with E-state index in [1.54, 1.807) is 0 Å². The average molecular weight is 404 g/mol. The van der Waals surface area contributed by atoms with Crippen molar-refractivity contribution in [3.05, 3.63) is 0 Å². The van der Waals surface area contributed by atoms with Crippen LogP contribution in [-0.4, -0.2) is 75.1 Å². The number of carboxylic acids is 3. The molecular weight excluding hydrogens is 380 g/mol. The van der Waals surface area contributed by atoms with Gasteiger partial charge in [0.15, 0.2) is 0 Å². The van der Waals surface area contributed by atoms with Gasteiger partial charge in [0.05, 0.1) is 12.5 Å². The average Bonchev–Trinajstić information content (AvgIpc) is 2.56. The molecule has 8 N–H and O–H groups in total. The first kappa shape index (κ1) is 24.8. The molecule has 0 rings (SSSR count). The molecular formula is C15H24N4O9. The molecule has 158 valence electrons. The molecule has 0 radical (unpaired) electrons. The van der Waals surface area contributed by atoms with Crippen molar-refractivity contribution < 1.29 is 44.1 Å². The van der Waals surface area contributed by atoms with E-state index in [0.29, 0.717) is 0 Å². The maximum atomic E-state index is 12.3. The van der Waals surface area contributed by atoms with Gasteiger partial charge in [0.1, 0.15) is 18.1 Å². The Morgan fingerprint density at radius 3 is 1.79 bits per heavy atom. The summed E-state index contributed by atoms with van der Waals surface area (Å²) >= 11 is 0. The summed E-state index contributed by atoms with van der Waals surface area (Å²) in [5, 5.41) is 32.7. The van der Waals surface area contributed by atoms with Crippen LogP contribution in [0.2, 0.25) is 0 Å². The van der Waals surface area contributed by atoms with Gasteiger partial charge in [-0.2, -0.15) is 0 Å². The summed E-state index contributed by atoms with van der Waals surface area (Å²) in [6.45, 7) is 2.47. The number of carbonyl (C=O) groups excluding carboxylic acids is 3. The second kappa shape index (κ2) is 11.5. The molecule has 3 amide bonds. The lowest BCUT2D eigenvalue weighted by atomic mass is 10.1. The summed E-state index contributed by atoms with van der Waals surface area (Å²) in [5.74, 6) is -6.58. The van der Waals surface area contributed by atoms with Crippen molar-refractivity contribution in [3.8, 4) is 0 Å². The number of rotatable bonds is 12. The van der Waals surface area contributed by atoms with Crippen molar-refractivity contribution in [1.82, 2.24) is 16.0 Å². The highest BCUT2D eigenvalue weighted by atomic mass is 16.4. The molecule has 0 saturated carbocycles. The van der Waals surface area contributed by atoms with Crippen LogP contribution < -0.4 is 21.7 Å². The molecule has 0 aliphatic heterocycles. The Hall–Kier alpha value is -3.22. The van der Waals surface area contributed by atoms with Crippen molar-refractivity contribution in [2.24, 2.45) is 5.73 Å². The molecule has 0 spiro atoms. The number of aliphatic carboxylic acids is 3. The number of hydrogen-bond acceptors (Lipinski definition) is 7. The standard InChI is InChI=1S/C15H24N4O9/c1-6(12(24)18-7(2)15(27)28)17-14(26)9(3-4-10(20)21)19-13(25)8(16)5-11(22)23/h6-9H,3-5,16H2,1-2H3,(H,17,26)(H,18,24)(H,19,25)(H,20,21)(H,22,23)(H,27,28)/t6-,7-,8-,9-/m0/s1. The smallest absolute Gasteiger partial charge is 0.325 e. The van der Waals surface area contributed by atoms with E-state index in [-0.39, 0.29) is 6.42 Å². The molecule has 0 heterocycles. The van der Waals surface area contributed by atoms with Gasteiger partial charge in [0.25, 0.3) is 0 Å². The summed E-state index contributed by atoms with van der Waals surface area (Å²) in [5.41, 5.74) is 5.39. The van der Waals surface area contributed by atoms with Crippen molar-refractivity contribution in [2.45, 2.75) is 57.3 Å². The lowest BCUT2D eigenvalue weighted by Crippen LogP contribution is -2.56. The normalized spacial score (nSPS) is 14.7. The summed E-state index contributed by atoms with van der Waals surface area (Å²) in [6.07, 6.45) is -1.54. The largest absolute Gasteiger partial charge is 0.481 e. The third-order valence-corrected chi connectivity index (χ3v) is 3.49. The molecule has 0 aromatic rings. The molecule has 0 fully saturated rings. The third kappa shape index (κ3) is 9.47. The predicted octanol–water partition coefficient (Wildman–Crippen LogP) is -2.77. The van der Waals surface area contributed by atoms with Gasteiger partial charge in [-0.3, -0.25) is 28.8 Å². The van der Waals surface area contributed by atoms with Gasteiger partial charge in [0.2, 0.25) is 17.7 Å². The predicted molar refractivity (Wildman–Crippen MR) is 91.9 cm³/mol. The van der Waals surface area contributed by atoms with Gasteiger partial charge in [-0.25, -0.2) is 0 Å². The number of nitrogens with two attached hydrogens (primary N) is 1. The minimum atomic E-state index is -1.46. The van der Waals surface area contributed by atoms with E-state index in [1.165, 1.54) is 13.8 Å². The summed E-state index contributed by atoms with van der Waals surface area (Å²) < 4.78 is 0. The lowest BCUT2D eigenvalue weighted by Gasteiger charge is -2.22.